The van der Waals surface area contributed by atoms with Crippen LogP contribution in [0.15, 0.2) is 18.2 Å². The molecule has 1 aromatic rings. The highest BCUT2D eigenvalue weighted by molar-refractivity contribution is 6.31. The maximum Gasteiger partial charge on any atom is 0.241 e. The molecule has 0 aliphatic rings. The molecule has 7 heteroatoms. The Morgan fingerprint density at radius 2 is 2.10 bits per heavy atom. The number of nitrogens with one attached hydrogen (secondary N) is 3. The van der Waals surface area contributed by atoms with Gasteiger partial charge < -0.3 is 15.4 Å². The molecule has 0 aromatic heterocycles. The van der Waals surface area contributed by atoms with Crippen LogP contribution in [0.4, 0.5) is 5.69 Å². The van der Waals surface area contributed by atoms with Crippen molar-refractivity contribution in [1.82, 2.24) is 10.6 Å². The Bertz CT molecular complexity index is 494. The summed E-state index contributed by atoms with van der Waals surface area (Å²) in [6.07, 6.45) is 0. The van der Waals surface area contributed by atoms with E-state index in [4.69, 9.17) is 16.3 Å². The molecule has 0 saturated carbocycles. The summed E-state index contributed by atoms with van der Waals surface area (Å²) in [5.41, 5.74) is 0.485. The highest BCUT2D eigenvalue weighted by Crippen LogP contribution is 2.27. The lowest BCUT2D eigenvalue weighted by molar-refractivity contribution is -0.120. The van der Waals surface area contributed by atoms with E-state index in [1.807, 2.05) is 0 Å². The van der Waals surface area contributed by atoms with Crippen LogP contribution in [-0.2, 0) is 9.59 Å². The number of benzene rings is 1. The van der Waals surface area contributed by atoms with Gasteiger partial charge in [0.05, 0.1) is 25.4 Å². The number of likely N-dealkylation sites (N-methyl/N-ethyl adjacent to an activating group) is 1. The smallest absolute Gasteiger partial charge is 0.241 e. The molecule has 0 fully saturated rings. The average molecular weight is 300 g/mol. The molecule has 0 aliphatic carbocycles. The number of methoxy groups -OCH3 is 1. The van der Waals surface area contributed by atoms with Crippen LogP contribution in [0.25, 0.3) is 0 Å². The molecule has 0 radical (unpaired) electrons. The fourth-order valence-electron chi connectivity index (χ4n) is 1.45. The number of amides is 2. The maximum absolute atomic E-state index is 12.0. The first-order valence-electron chi connectivity index (χ1n) is 6.06. The molecule has 0 unspecified atom stereocenters. The van der Waals surface area contributed by atoms with Crippen molar-refractivity contribution < 1.29 is 14.3 Å². The van der Waals surface area contributed by atoms with E-state index < -0.39 is 6.04 Å². The SMILES string of the molecule is CNC(=O)CN[C@H](C)C(=O)Nc1cc(Cl)ccc1OC. The Morgan fingerprint density at radius 1 is 1.40 bits per heavy atom. The average Bonchev–Trinajstić information content (AvgIpc) is 2.44. The zero-order valence-corrected chi connectivity index (χ0v) is 12.4. The summed E-state index contributed by atoms with van der Waals surface area (Å²) in [6, 6.07) is 4.41. The molecular formula is C13H18ClN3O3. The second-order valence-corrected chi connectivity index (χ2v) is 4.55. The molecule has 0 bridgehead atoms. The fraction of sp³-hybridized carbons (Fsp3) is 0.385. The molecule has 3 N–H and O–H groups in total. The van der Waals surface area contributed by atoms with Crippen LogP contribution in [0.2, 0.25) is 5.02 Å². The number of halogens is 1. The van der Waals surface area contributed by atoms with Gasteiger partial charge in [-0.2, -0.15) is 0 Å². The predicted octanol–water partition coefficient (Wildman–Crippen LogP) is 1.01. The lowest BCUT2D eigenvalue weighted by atomic mass is 10.2. The van der Waals surface area contributed by atoms with Gasteiger partial charge in [-0.25, -0.2) is 0 Å². The maximum atomic E-state index is 12.0. The third-order valence-electron chi connectivity index (χ3n) is 2.66. The first-order valence-corrected chi connectivity index (χ1v) is 6.44. The molecule has 0 aliphatic heterocycles. The lowest BCUT2D eigenvalue weighted by Crippen LogP contribution is -2.42. The van der Waals surface area contributed by atoms with E-state index in [1.54, 1.807) is 25.1 Å². The molecule has 110 valence electrons. The van der Waals surface area contributed by atoms with E-state index in [-0.39, 0.29) is 18.4 Å². The summed E-state index contributed by atoms with van der Waals surface area (Å²) in [5.74, 6) is 0.0423. The first kappa shape index (κ1) is 16.3. The standard InChI is InChI=1S/C13H18ClN3O3/c1-8(16-7-12(18)15-2)13(19)17-10-6-9(14)4-5-11(10)20-3/h4-6,8,16H,7H2,1-3H3,(H,15,18)(H,17,19)/t8-/m1/s1. The molecule has 0 spiro atoms. The van der Waals surface area contributed by atoms with E-state index in [0.717, 1.165) is 0 Å². The highest BCUT2D eigenvalue weighted by Gasteiger charge is 2.15. The number of carbonyl (C=O) groups excluding carboxylic acids is 2. The van der Waals surface area contributed by atoms with Gasteiger partial charge in [-0.05, 0) is 25.1 Å². The molecule has 6 nitrogen and oxygen atoms in total. The van der Waals surface area contributed by atoms with E-state index >= 15 is 0 Å². The Hall–Kier alpha value is -1.79. The minimum absolute atomic E-state index is 0.0672. The van der Waals surface area contributed by atoms with Crippen molar-refractivity contribution in [2.45, 2.75) is 13.0 Å². The van der Waals surface area contributed by atoms with E-state index in [2.05, 4.69) is 16.0 Å². The summed E-state index contributed by atoms with van der Waals surface area (Å²) in [4.78, 5) is 23.1. The van der Waals surface area contributed by atoms with Gasteiger partial charge in [0, 0.05) is 12.1 Å². The highest BCUT2D eigenvalue weighted by atomic mass is 35.5. The number of hydrogen-bond donors (Lipinski definition) is 3. The third kappa shape index (κ3) is 4.71. The Morgan fingerprint density at radius 3 is 2.70 bits per heavy atom. The number of carbonyl (C=O) groups is 2. The molecule has 1 rings (SSSR count). The predicted molar refractivity (Wildman–Crippen MR) is 78.2 cm³/mol. The molecule has 0 saturated heterocycles. The fourth-order valence-corrected chi connectivity index (χ4v) is 1.62. The summed E-state index contributed by atoms with van der Waals surface area (Å²) < 4.78 is 5.14. The monoisotopic (exact) mass is 299 g/mol. The van der Waals surface area contributed by atoms with Crippen LogP contribution in [-0.4, -0.2) is 38.6 Å². The topological polar surface area (TPSA) is 79.5 Å². The number of ether oxygens (including phenoxy) is 1. The Labute approximate surface area is 122 Å². The Balaban J connectivity index is 2.65. The molecular weight excluding hydrogens is 282 g/mol. The van der Waals surface area contributed by atoms with Gasteiger partial charge in [-0.1, -0.05) is 11.6 Å². The van der Waals surface area contributed by atoms with Gasteiger partial charge >= 0.3 is 0 Å². The van der Waals surface area contributed by atoms with Crippen molar-refractivity contribution in [3.05, 3.63) is 23.2 Å². The largest absolute Gasteiger partial charge is 0.495 e. The van der Waals surface area contributed by atoms with Gasteiger partial charge in [0.2, 0.25) is 11.8 Å². The minimum atomic E-state index is -0.531. The van der Waals surface area contributed by atoms with Crippen LogP contribution in [0.1, 0.15) is 6.92 Å². The molecule has 0 heterocycles. The second-order valence-electron chi connectivity index (χ2n) is 4.11. The summed E-state index contributed by atoms with van der Waals surface area (Å²) in [5, 5.41) is 8.47. The van der Waals surface area contributed by atoms with Gasteiger partial charge in [0.25, 0.3) is 0 Å². The van der Waals surface area contributed by atoms with Crippen LogP contribution >= 0.6 is 11.6 Å². The number of rotatable bonds is 6. The first-order chi connectivity index (χ1) is 9.47. The van der Waals surface area contributed by atoms with Crippen molar-refractivity contribution in [3.63, 3.8) is 0 Å². The van der Waals surface area contributed by atoms with Crippen molar-refractivity contribution in [1.29, 1.82) is 0 Å². The lowest BCUT2D eigenvalue weighted by Gasteiger charge is -2.15. The van der Waals surface area contributed by atoms with Crippen LogP contribution in [0, 0.1) is 0 Å². The zero-order chi connectivity index (χ0) is 15.1. The molecule has 1 atom stereocenters. The van der Waals surface area contributed by atoms with E-state index in [0.29, 0.717) is 16.5 Å². The minimum Gasteiger partial charge on any atom is -0.495 e. The molecule has 20 heavy (non-hydrogen) atoms. The molecule has 1 aromatic carbocycles. The van der Waals surface area contributed by atoms with Crippen LogP contribution in [0.3, 0.4) is 0 Å². The van der Waals surface area contributed by atoms with Crippen molar-refractivity contribution in [3.8, 4) is 5.75 Å². The van der Waals surface area contributed by atoms with E-state index in [9.17, 15) is 9.59 Å². The van der Waals surface area contributed by atoms with Gasteiger partial charge in [-0.3, -0.25) is 14.9 Å². The van der Waals surface area contributed by atoms with E-state index in [1.165, 1.54) is 14.2 Å². The van der Waals surface area contributed by atoms with Gasteiger partial charge in [-0.15, -0.1) is 0 Å². The van der Waals surface area contributed by atoms with Crippen molar-refractivity contribution in [2.75, 3.05) is 26.0 Å². The second kappa shape index (κ2) is 7.72. The van der Waals surface area contributed by atoms with Crippen LogP contribution < -0.4 is 20.7 Å². The summed E-state index contributed by atoms with van der Waals surface area (Å²) >= 11 is 5.88. The van der Waals surface area contributed by atoms with Crippen molar-refractivity contribution >= 4 is 29.1 Å². The quantitative estimate of drug-likeness (QED) is 0.732. The third-order valence-corrected chi connectivity index (χ3v) is 2.90. The number of hydrogen-bond acceptors (Lipinski definition) is 4. The summed E-state index contributed by atoms with van der Waals surface area (Å²) in [6.45, 7) is 1.73. The summed E-state index contributed by atoms with van der Waals surface area (Å²) in [7, 11) is 3.04. The normalized spacial score (nSPS) is 11.6. The van der Waals surface area contributed by atoms with Crippen molar-refractivity contribution in [2.24, 2.45) is 0 Å². The Kier molecular flexibility index (Phi) is 6.27. The molecule has 2 amide bonds. The van der Waals surface area contributed by atoms with Gasteiger partial charge in [0.1, 0.15) is 5.75 Å². The van der Waals surface area contributed by atoms with Gasteiger partial charge in [0.15, 0.2) is 0 Å². The van der Waals surface area contributed by atoms with Crippen LogP contribution in [0.5, 0.6) is 5.75 Å². The number of anilines is 1. The zero-order valence-electron chi connectivity index (χ0n) is 11.6.